The van der Waals surface area contributed by atoms with Crippen molar-refractivity contribution in [3.63, 3.8) is 0 Å². The van der Waals surface area contributed by atoms with E-state index in [9.17, 15) is 0 Å². The van der Waals surface area contributed by atoms with Crippen LogP contribution in [-0.2, 0) is 24.8 Å². The Kier molecular flexibility index (Phi) is 3.46. The summed E-state index contributed by atoms with van der Waals surface area (Å²) in [6, 6.07) is 13.2. The van der Waals surface area contributed by atoms with Crippen LogP contribution in [0.5, 0.6) is 0 Å². The van der Waals surface area contributed by atoms with Gasteiger partial charge in [0.05, 0.1) is 0 Å². The Hall–Kier alpha value is -1.12. The molecule has 0 radical (unpaired) electrons. The van der Waals surface area contributed by atoms with Crippen LogP contribution in [0.15, 0.2) is 36.4 Å². The Labute approximate surface area is 119 Å². The highest BCUT2D eigenvalue weighted by molar-refractivity contribution is 7.12. The summed E-state index contributed by atoms with van der Waals surface area (Å²) in [6.45, 7) is 2.21. The van der Waals surface area contributed by atoms with Gasteiger partial charge in [0, 0.05) is 21.7 Å². The second-order valence-corrected chi connectivity index (χ2v) is 6.82. The Balaban J connectivity index is 1.91. The lowest BCUT2D eigenvalue weighted by molar-refractivity contribution is 0.372. The molecule has 0 bridgehead atoms. The van der Waals surface area contributed by atoms with Gasteiger partial charge in [0.2, 0.25) is 0 Å². The molecule has 0 fully saturated rings. The summed E-state index contributed by atoms with van der Waals surface area (Å²) < 4.78 is 0. The normalized spacial score (nSPS) is 22.2. The first-order valence-corrected chi connectivity index (χ1v) is 7.98. The molecule has 1 aliphatic rings. The molecule has 0 spiro atoms. The number of hydrogen-bond acceptors (Lipinski definition) is 2. The number of rotatable bonds is 3. The molecule has 1 aromatic heterocycles. The van der Waals surface area contributed by atoms with Gasteiger partial charge in [0.1, 0.15) is 0 Å². The maximum Gasteiger partial charge on any atom is 0.0461 e. The Morgan fingerprint density at radius 2 is 1.95 bits per heavy atom. The fourth-order valence-electron chi connectivity index (χ4n) is 3.15. The van der Waals surface area contributed by atoms with Crippen LogP contribution in [-0.4, -0.2) is 0 Å². The van der Waals surface area contributed by atoms with Gasteiger partial charge in [-0.15, -0.1) is 11.3 Å². The SMILES string of the molecule is CCc1ccc(CC2(N)CCCc3ccccc32)s1. The molecule has 1 aromatic carbocycles. The molecular weight excluding hydrogens is 250 g/mol. The second-order valence-electron chi connectivity index (χ2n) is 5.57. The summed E-state index contributed by atoms with van der Waals surface area (Å²) >= 11 is 1.92. The Morgan fingerprint density at radius 3 is 2.74 bits per heavy atom. The zero-order valence-corrected chi connectivity index (χ0v) is 12.3. The van der Waals surface area contributed by atoms with Crippen LogP contribution in [0.25, 0.3) is 0 Å². The summed E-state index contributed by atoms with van der Waals surface area (Å²) in [5.74, 6) is 0. The predicted octanol–water partition coefficient (Wildman–Crippen LogP) is 4.04. The summed E-state index contributed by atoms with van der Waals surface area (Å²) in [6.07, 6.45) is 5.59. The van der Waals surface area contributed by atoms with E-state index in [2.05, 4.69) is 43.3 Å². The highest BCUT2D eigenvalue weighted by Gasteiger charge is 2.32. The monoisotopic (exact) mass is 271 g/mol. The first-order valence-electron chi connectivity index (χ1n) is 7.16. The third-order valence-electron chi connectivity index (χ3n) is 4.18. The van der Waals surface area contributed by atoms with Crippen molar-refractivity contribution in [3.8, 4) is 0 Å². The van der Waals surface area contributed by atoms with Crippen molar-refractivity contribution in [1.82, 2.24) is 0 Å². The highest BCUT2D eigenvalue weighted by Crippen LogP contribution is 2.37. The van der Waals surface area contributed by atoms with Gasteiger partial charge in [-0.25, -0.2) is 0 Å². The van der Waals surface area contributed by atoms with Crippen LogP contribution in [0.4, 0.5) is 0 Å². The molecule has 1 nitrogen and oxygen atoms in total. The van der Waals surface area contributed by atoms with Gasteiger partial charge >= 0.3 is 0 Å². The van der Waals surface area contributed by atoms with Gasteiger partial charge < -0.3 is 5.73 Å². The molecule has 2 aromatic rings. The number of hydrogen-bond donors (Lipinski definition) is 1. The van der Waals surface area contributed by atoms with Crippen molar-refractivity contribution in [2.45, 2.75) is 44.6 Å². The standard InChI is InChI=1S/C17H21NS/c1-2-14-9-10-15(19-14)12-17(18)11-5-7-13-6-3-4-8-16(13)17/h3-4,6,8-10H,2,5,7,11-12,18H2,1H3. The van der Waals surface area contributed by atoms with Crippen LogP contribution in [0.1, 0.15) is 40.6 Å². The van der Waals surface area contributed by atoms with E-state index < -0.39 is 0 Å². The van der Waals surface area contributed by atoms with E-state index in [-0.39, 0.29) is 5.54 Å². The van der Waals surface area contributed by atoms with Crippen molar-refractivity contribution in [1.29, 1.82) is 0 Å². The number of thiophene rings is 1. The molecule has 0 aliphatic heterocycles. The zero-order valence-electron chi connectivity index (χ0n) is 11.5. The summed E-state index contributed by atoms with van der Waals surface area (Å²) in [4.78, 5) is 2.89. The maximum atomic E-state index is 6.76. The van der Waals surface area contributed by atoms with Crippen LogP contribution in [0.2, 0.25) is 0 Å². The van der Waals surface area contributed by atoms with Gasteiger partial charge in [-0.2, -0.15) is 0 Å². The van der Waals surface area contributed by atoms with Crippen molar-refractivity contribution in [2.24, 2.45) is 5.73 Å². The van der Waals surface area contributed by atoms with Crippen molar-refractivity contribution in [2.75, 3.05) is 0 Å². The molecule has 0 saturated carbocycles. The van der Waals surface area contributed by atoms with E-state index >= 15 is 0 Å². The molecule has 0 amide bonds. The van der Waals surface area contributed by atoms with Crippen LogP contribution in [0.3, 0.4) is 0 Å². The van der Waals surface area contributed by atoms with Crippen LogP contribution >= 0.6 is 11.3 Å². The van der Waals surface area contributed by atoms with E-state index in [0.717, 1.165) is 19.3 Å². The summed E-state index contributed by atoms with van der Waals surface area (Å²) in [5.41, 5.74) is 9.41. The fourth-order valence-corrected chi connectivity index (χ4v) is 4.24. The van der Waals surface area contributed by atoms with E-state index in [1.165, 1.54) is 33.7 Å². The number of benzene rings is 1. The van der Waals surface area contributed by atoms with E-state index in [0.29, 0.717) is 0 Å². The number of fused-ring (bicyclic) bond motifs is 1. The lowest BCUT2D eigenvalue weighted by atomic mass is 9.75. The first-order chi connectivity index (χ1) is 9.21. The fraction of sp³-hybridized carbons (Fsp3) is 0.412. The average Bonchev–Trinajstić information content (AvgIpc) is 2.86. The third kappa shape index (κ3) is 2.47. The Bertz CT molecular complexity index is 572. The predicted molar refractivity (Wildman–Crippen MR) is 82.6 cm³/mol. The highest BCUT2D eigenvalue weighted by atomic mass is 32.1. The molecule has 1 aliphatic carbocycles. The van der Waals surface area contributed by atoms with Gasteiger partial charge in [0.15, 0.2) is 0 Å². The first kappa shape index (κ1) is 12.9. The molecule has 1 heterocycles. The molecule has 19 heavy (non-hydrogen) atoms. The zero-order chi connectivity index (χ0) is 13.3. The molecule has 2 N–H and O–H groups in total. The molecule has 2 heteroatoms. The topological polar surface area (TPSA) is 26.0 Å². The van der Waals surface area contributed by atoms with Gasteiger partial charge in [-0.05, 0) is 48.9 Å². The lowest BCUT2D eigenvalue weighted by Gasteiger charge is -2.35. The van der Waals surface area contributed by atoms with Crippen molar-refractivity contribution in [3.05, 3.63) is 57.3 Å². The minimum atomic E-state index is -0.162. The molecular formula is C17H21NS. The van der Waals surface area contributed by atoms with Gasteiger partial charge in [-0.3, -0.25) is 0 Å². The van der Waals surface area contributed by atoms with E-state index in [1.54, 1.807) is 0 Å². The van der Waals surface area contributed by atoms with E-state index in [4.69, 9.17) is 5.73 Å². The lowest BCUT2D eigenvalue weighted by Crippen LogP contribution is -2.41. The molecule has 1 unspecified atom stereocenters. The smallest absolute Gasteiger partial charge is 0.0461 e. The molecule has 100 valence electrons. The molecule has 1 atom stereocenters. The number of nitrogens with two attached hydrogens (primary N) is 1. The summed E-state index contributed by atoms with van der Waals surface area (Å²) in [5, 5.41) is 0. The quantitative estimate of drug-likeness (QED) is 0.895. The van der Waals surface area contributed by atoms with Crippen molar-refractivity contribution >= 4 is 11.3 Å². The van der Waals surface area contributed by atoms with Gasteiger partial charge in [-0.1, -0.05) is 31.2 Å². The second kappa shape index (κ2) is 5.10. The van der Waals surface area contributed by atoms with E-state index in [1.807, 2.05) is 11.3 Å². The van der Waals surface area contributed by atoms with Crippen LogP contribution < -0.4 is 5.73 Å². The van der Waals surface area contributed by atoms with Crippen molar-refractivity contribution < 1.29 is 0 Å². The maximum absolute atomic E-state index is 6.76. The third-order valence-corrected chi connectivity index (χ3v) is 5.41. The molecule has 3 rings (SSSR count). The minimum absolute atomic E-state index is 0.162. The summed E-state index contributed by atoms with van der Waals surface area (Å²) in [7, 11) is 0. The number of aryl methyl sites for hydroxylation is 2. The largest absolute Gasteiger partial charge is 0.321 e. The average molecular weight is 271 g/mol. The minimum Gasteiger partial charge on any atom is -0.321 e. The van der Waals surface area contributed by atoms with Crippen LogP contribution in [0, 0.1) is 0 Å². The molecule has 0 saturated heterocycles. The Morgan fingerprint density at radius 1 is 1.16 bits per heavy atom. The van der Waals surface area contributed by atoms with Gasteiger partial charge in [0.25, 0.3) is 0 Å².